The summed E-state index contributed by atoms with van der Waals surface area (Å²) < 4.78 is 0. The number of aryl methyl sites for hydroxylation is 1. The molecule has 0 bridgehead atoms. The molecule has 0 saturated carbocycles. The first kappa shape index (κ1) is 16.5. The third kappa shape index (κ3) is 4.80. The minimum absolute atomic E-state index is 1.25. The summed E-state index contributed by atoms with van der Waals surface area (Å²) in [5.41, 5.74) is 3.31. The summed E-state index contributed by atoms with van der Waals surface area (Å²) in [4.78, 5) is 3.10. The van der Waals surface area contributed by atoms with Gasteiger partial charge in [-0.25, -0.2) is 0 Å². The molecule has 108 valence electrons. The largest absolute Gasteiger partial charge is 0.140 e. The maximum absolute atomic E-state index is 4.03. The highest BCUT2D eigenvalue weighted by Gasteiger charge is 2.15. The molecule has 0 aliphatic carbocycles. The number of thiophene rings is 1. The summed E-state index contributed by atoms with van der Waals surface area (Å²) in [5, 5.41) is 0. The van der Waals surface area contributed by atoms with Crippen molar-refractivity contribution in [1.82, 2.24) is 0 Å². The van der Waals surface area contributed by atoms with Crippen molar-refractivity contribution in [3.05, 3.63) is 27.5 Å². The molecule has 1 heteroatoms. The van der Waals surface area contributed by atoms with E-state index in [0.717, 1.165) is 0 Å². The average molecular weight is 279 g/mol. The third-order valence-electron chi connectivity index (χ3n) is 3.73. The molecule has 0 atom stereocenters. The molecule has 0 aromatic carbocycles. The molecule has 0 aliphatic rings. The van der Waals surface area contributed by atoms with Crippen molar-refractivity contribution in [2.75, 3.05) is 0 Å². The second-order valence-electron chi connectivity index (χ2n) is 5.36. The zero-order chi connectivity index (χ0) is 14.1. The van der Waals surface area contributed by atoms with Crippen molar-refractivity contribution >= 4 is 17.4 Å². The van der Waals surface area contributed by atoms with E-state index in [-0.39, 0.29) is 0 Å². The van der Waals surface area contributed by atoms with Crippen LogP contribution in [0.25, 0.3) is 6.08 Å². The van der Waals surface area contributed by atoms with Gasteiger partial charge in [0.25, 0.3) is 0 Å². The Kier molecular flexibility index (Phi) is 8.13. The molecule has 0 aliphatic heterocycles. The Morgan fingerprint density at radius 2 is 1.37 bits per heavy atom. The Morgan fingerprint density at radius 1 is 0.842 bits per heavy atom. The van der Waals surface area contributed by atoms with Crippen LogP contribution in [0.1, 0.15) is 80.2 Å². The predicted octanol–water partition coefficient (Wildman–Crippen LogP) is 6.42. The molecule has 0 unspecified atom stereocenters. The number of hydrogen-bond acceptors (Lipinski definition) is 1. The average Bonchev–Trinajstić information content (AvgIpc) is 2.77. The lowest BCUT2D eigenvalue weighted by Crippen LogP contribution is -1.96. The lowest BCUT2D eigenvalue weighted by Gasteiger charge is -2.07. The maximum Gasteiger partial charge on any atom is 0.0302 e. The van der Waals surface area contributed by atoms with Crippen LogP contribution in [0.2, 0.25) is 0 Å². The fraction of sp³-hybridized carbons (Fsp3) is 0.667. The van der Waals surface area contributed by atoms with E-state index < -0.39 is 0 Å². The summed E-state index contributed by atoms with van der Waals surface area (Å²) in [6.45, 7) is 10.9. The molecular formula is C18H30S. The van der Waals surface area contributed by atoms with E-state index in [1.165, 1.54) is 62.7 Å². The number of hydrogen-bond donors (Lipinski definition) is 0. The molecule has 1 aromatic heterocycles. The van der Waals surface area contributed by atoms with Gasteiger partial charge in [0, 0.05) is 9.75 Å². The van der Waals surface area contributed by atoms with Gasteiger partial charge in [-0.05, 0) is 49.7 Å². The Balaban J connectivity index is 2.99. The normalized spacial score (nSPS) is 10.9. The van der Waals surface area contributed by atoms with Gasteiger partial charge in [-0.2, -0.15) is 0 Å². The van der Waals surface area contributed by atoms with E-state index in [1.54, 1.807) is 16.0 Å². The lowest BCUT2D eigenvalue weighted by molar-refractivity contribution is 0.745. The first-order chi connectivity index (χ1) is 9.28. The van der Waals surface area contributed by atoms with Gasteiger partial charge in [0.1, 0.15) is 0 Å². The van der Waals surface area contributed by atoms with Crippen molar-refractivity contribution in [2.24, 2.45) is 0 Å². The van der Waals surface area contributed by atoms with Gasteiger partial charge >= 0.3 is 0 Å². The molecule has 0 radical (unpaired) electrons. The zero-order valence-electron chi connectivity index (χ0n) is 13.1. The van der Waals surface area contributed by atoms with Crippen molar-refractivity contribution < 1.29 is 0 Å². The van der Waals surface area contributed by atoms with E-state index in [4.69, 9.17) is 0 Å². The molecule has 0 nitrogen and oxygen atoms in total. The molecule has 1 heterocycles. The maximum atomic E-state index is 4.03. The van der Waals surface area contributed by atoms with Crippen molar-refractivity contribution in [3.8, 4) is 0 Å². The Bertz CT molecular complexity index is 373. The summed E-state index contributed by atoms with van der Waals surface area (Å²) in [5.74, 6) is 0. The summed E-state index contributed by atoms with van der Waals surface area (Å²) in [6, 6.07) is 0. The van der Waals surface area contributed by atoms with Gasteiger partial charge in [-0.3, -0.25) is 0 Å². The van der Waals surface area contributed by atoms with Crippen LogP contribution in [-0.4, -0.2) is 0 Å². The highest BCUT2D eigenvalue weighted by molar-refractivity contribution is 7.13. The van der Waals surface area contributed by atoms with Crippen molar-refractivity contribution in [3.63, 3.8) is 0 Å². The first-order valence-electron chi connectivity index (χ1n) is 8.04. The van der Waals surface area contributed by atoms with Gasteiger partial charge in [0.05, 0.1) is 0 Å². The highest BCUT2D eigenvalue weighted by atomic mass is 32.1. The molecule has 1 aromatic rings. The molecular weight excluding hydrogens is 248 g/mol. The lowest BCUT2D eigenvalue weighted by atomic mass is 9.97. The minimum atomic E-state index is 1.25. The molecule has 0 saturated heterocycles. The Morgan fingerprint density at radius 3 is 1.89 bits per heavy atom. The number of unbranched alkanes of at least 4 members (excludes halogenated alkanes) is 3. The number of rotatable bonds is 10. The van der Waals surface area contributed by atoms with Crippen LogP contribution in [-0.2, 0) is 19.3 Å². The van der Waals surface area contributed by atoms with E-state index in [1.807, 2.05) is 11.3 Å². The fourth-order valence-electron chi connectivity index (χ4n) is 2.55. The molecule has 0 fully saturated rings. The van der Waals surface area contributed by atoms with Crippen LogP contribution < -0.4 is 0 Å². The smallest absolute Gasteiger partial charge is 0.0302 e. The van der Waals surface area contributed by atoms with Gasteiger partial charge in [0.15, 0.2) is 0 Å². The summed E-state index contributed by atoms with van der Waals surface area (Å²) in [6.07, 6.45) is 13.7. The van der Waals surface area contributed by atoms with Crippen LogP contribution in [0.4, 0.5) is 0 Å². The van der Waals surface area contributed by atoms with Crippen LogP contribution in [0, 0.1) is 0 Å². The SMILES string of the molecule is C=Cc1sc(CCCC)c(CCCC)c1CCCC. The van der Waals surface area contributed by atoms with Gasteiger partial charge in [-0.1, -0.05) is 52.7 Å². The van der Waals surface area contributed by atoms with E-state index >= 15 is 0 Å². The standard InChI is InChI=1S/C18H30S/c1-5-9-12-15-16(13-10-6-2)18(14-11-7-3)19-17(15)8-4/h8H,4-7,9-14H2,1-3H3. The van der Waals surface area contributed by atoms with Gasteiger partial charge in [0.2, 0.25) is 0 Å². The monoisotopic (exact) mass is 278 g/mol. The second kappa shape index (κ2) is 9.36. The highest BCUT2D eigenvalue weighted by Crippen LogP contribution is 2.33. The van der Waals surface area contributed by atoms with E-state index in [9.17, 15) is 0 Å². The summed E-state index contributed by atoms with van der Waals surface area (Å²) >= 11 is 2.01. The predicted molar refractivity (Wildman–Crippen MR) is 90.2 cm³/mol. The van der Waals surface area contributed by atoms with Crippen molar-refractivity contribution in [2.45, 2.75) is 78.6 Å². The fourth-order valence-corrected chi connectivity index (χ4v) is 3.84. The molecule has 0 spiro atoms. The Hall–Kier alpha value is -0.560. The Labute approximate surface area is 123 Å². The molecule has 0 N–H and O–H groups in total. The third-order valence-corrected chi connectivity index (χ3v) is 5.06. The van der Waals surface area contributed by atoms with E-state index in [2.05, 4.69) is 33.4 Å². The topological polar surface area (TPSA) is 0 Å². The molecule has 1 rings (SSSR count). The van der Waals surface area contributed by atoms with Crippen LogP contribution >= 0.6 is 11.3 Å². The zero-order valence-corrected chi connectivity index (χ0v) is 13.9. The van der Waals surface area contributed by atoms with E-state index in [0.29, 0.717) is 0 Å². The molecule has 0 amide bonds. The van der Waals surface area contributed by atoms with Crippen molar-refractivity contribution in [1.29, 1.82) is 0 Å². The van der Waals surface area contributed by atoms with Crippen LogP contribution in [0.15, 0.2) is 6.58 Å². The summed E-state index contributed by atoms with van der Waals surface area (Å²) in [7, 11) is 0. The van der Waals surface area contributed by atoms with Gasteiger partial charge in [-0.15, -0.1) is 11.3 Å². The quantitative estimate of drug-likeness (QED) is 0.463. The minimum Gasteiger partial charge on any atom is -0.140 e. The van der Waals surface area contributed by atoms with Crippen LogP contribution in [0.5, 0.6) is 0 Å². The first-order valence-corrected chi connectivity index (χ1v) is 8.85. The second-order valence-corrected chi connectivity index (χ2v) is 6.50. The molecule has 19 heavy (non-hydrogen) atoms. The van der Waals surface area contributed by atoms with Crippen LogP contribution in [0.3, 0.4) is 0 Å². The van der Waals surface area contributed by atoms with Gasteiger partial charge < -0.3 is 0 Å².